The van der Waals surface area contributed by atoms with Crippen molar-refractivity contribution >= 4 is 0 Å². The highest BCUT2D eigenvalue weighted by Crippen LogP contribution is 2.17. The predicted octanol–water partition coefficient (Wildman–Crippen LogP) is 0.262. The van der Waals surface area contributed by atoms with E-state index >= 15 is 0 Å². The highest BCUT2D eigenvalue weighted by atomic mass is 14.9. The Bertz CT molecular complexity index is 88.7. The van der Waals surface area contributed by atoms with Gasteiger partial charge in [0.1, 0.15) is 0 Å². The van der Waals surface area contributed by atoms with Crippen molar-refractivity contribution in [3.63, 3.8) is 0 Å². The molecule has 0 spiro atoms. The minimum atomic E-state index is 0.519. The van der Waals surface area contributed by atoms with Crippen LogP contribution in [0.4, 0.5) is 0 Å². The minimum absolute atomic E-state index is 0.519. The van der Waals surface area contributed by atoms with Crippen LogP contribution in [0.3, 0.4) is 0 Å². The summed E-state index contributed by atoms with van der Waals surface area (Å²) in [6.07, 6.45) is 2.53. The zero-order valence-electron chi connectivity index (χ0n) is 4.15. The fourth-order valence-corrected chi connectivity index (χ4v) is 0.477. The first-order chi connectivity index (χ1) is 3.43. The molecule has 38 valence electrons. The number of nitriles is 1. The van der Waals surface area contributed by atoms with Crippen LogP contribution in [-0.4, -0.2) is 12.6 Å². The average molecular weight is 96.1 g/mol. The van der Waals surface area contributed by atoms with Gasteiger partial charge in [0.25, 0.3) is 0 Å². The summed E-state index contributed by atoms with van der Waals surface area (Å²) in [4.78, 5) is 0. The maximum Gasteiger partial charge on any atom is 0.0843 e. The first-order valence-corrected chi connectivity index (χ1v) is 2.54. The molecule has 1 fully saturated rings. The van der Waals surface area contributed by atoms with Crippen molar-refractivity contribution in [2.24, 2.45) is 0 Å². The molecule has 0 aromatic heterocycles. The molecule has 0 saturated heterocycles. The zero-order valence-corrected chi connectivity index (χ0v) is 4.15. The quantitative estimate of drug-likeness (QED) is 0.500. The molecule has 1 aliphatic rings. The van der Waals surface area contributed by atoms with Gasteiger partial charge in [0.15, 0.2) is 0 Å². The standard InChI is InChI=1S/C5H8N2/c6-3-4-7-5-1-2-5/h5,7H,1-2,4H2. The van der Waals surface area contributed by atoms with Crippen molar-refractivity contribution in [3.8, 4) is 6.07 Å². The van der Waals surface area contributed by atoms with E-state index in [1.165, 1.54) is 12.8 Å². The van der Waals surface area contributed by atoms with Crippen molar-refractivity contribution in [1.29, 1.82) is 5.26 Å². The van der Waals surface area contributed by atoms with Gasteiger partial charge in [-0.05, 0) is 12.8 Å². The number of rotatable bonds is 2. The van der Waals surface area contributed by atoms with E-state index in [1.807, 2.05) is 6.07 Å². The Kier molecular flexibility index (Phi) is 1.28. The highest BCUT2D eigenvalue weighted by Gasteiger charge is 2.19. The Labute approximate surface area is 43.1 Å². The van der Waals surface area contributed by atoms with E-state index in [4.69, 9.17) is 5.26 Å². The summed E-state index contributed by atoms with van der Waals surface area (Å²) in [5.74, 6) is 0. The summed E-state index contributed by atoms with van der Waals surface area (Å²) in [6, 6.07) is 2.71. The minimum Gasteiger partial charge on any atom is -0.302 e. The molecule has 7 heavy (non-hydrogen) atoms. The molecule has 0 heterocycles. The summed E-state index contributed by atoms with van der Waals surface area (Å²) < 4.78 is 0. The van der Waals surface area contributed by atoms with Crippen LogP contribution in [0.15, 0.2) is 0 Å². The van der Waals surface area contributed by atoms with Gasteiger partial charge in [-0.15, -0.1) is 0 Å². The van der Waals surface area contributed by atoms with Crippen molar-refractivity contribution in [2.75, 3.05) is 6.54 Å². The van der Waals surface area contributed by atoms with Crippen LogP contribution in [0, 0.1) is 11.3 Å². The van der Waals surface area contributed by atoms with E-state index in [1.54, 1.807) is 0 Å². The summed E-state index contributed by atoms with van der Waals surface area (Å²) in [7, 11) is 0. The molecule has 0 atom stereocenters. The SMILES string of the molecule is N#CCNC1CC1. The van der Waals surface area contributed by atoms with Gasteiger partial charge in [0.05, 0.1) is 12.6 Å². The van der Waals surface area contributed by atoms with Crippen molar-refractivity contribution in [1.82, 2.24) is 5.32 Å². The van der Waals surface area contributed by atoms with Gasteiger partial charge in [0.2, 0.25) is 0 Å². The molecule has 0 bridgehead atoms. The van der Waals surface area contributed by atoms with Gasteiger partial charge in [-0.1, -0.05) is 0 Å². The van der Waals surface area contributed by atoms with Gasteiger partial charge in [-0.3, -0.25) is 0 Å². The van der Waals surface area contributed by atoms with Crippen molar-refractivity contribution in [2.45, 2.75) is 18.9 Å². The second kappa shape index (κ2) is 1.94. The van der Waals surface area contributed by atoms with E-state index in [9.17, 15) is 0 Å². The third kappa shape index (κ3) is 1.56. The lowest BCUT2D eigenvalue weighted by molar-refractivity contribution is 0.759. The second-order valence-electron chi connectivity index (χ2n) is 1.81. The maximum atomic E-state index is 8.03. The lowest BCUT2D eigenvalue weighted by Crippen LogP contribution is -2.15. The molecule has 1 N–H and O–H groups in total. The predicted molar refractivity (Wildman–Crippen MR) is 26.6 cm³/mol. The fraction of sp³-hybridized carbons (Fsp3) is 0.800. The van der Waals surface area contributed by atoms with Crippen LogP contribution in [0.25, 0.3) is 0 Å². The molecule has 0 amide bonds. The molecule has 0 unspecified atom stereocenters. The van der Waals surface area contributed by atoms with Crippen LogP contribution in [0.5, 0.6) is 0 Å². The molecule has 1 rings (SSSR count). The molecule has 2 nitrogen and oxygen atoms in total. The molecular formula is C5H8N2. The van der Waals surface area contributed by atoms with Gasteiger partial charge in [0, 0.05) is 6.04 Å². The summed E-state index contributed by atoms with van der Waals surface area (Å²) in [6.45, 7) is 0.519. The Hall–Kier alpha value is -0.550. The zero-order chi connectivity index (χ0) is 5.11. The molecule has 1 saturated carbocycles. The van der Waals surface area contributed by atoms with Crippen LogP contribution < -0.4 is 5.32 Å². The summed E-state index contributed by atoms with van der Waals surface area (Å²) >= 11 is 0. The molecule has 1 aliphatic carbocycles. The molecule has 0 aliphatic heterocycles. The number of hydrogen-bond acceptors (Lipinski definition) is 2. The van der Waals surface area contributed by atoms with Crippen LogP contribution in [-0.2, 0) is 0 Å². The lowest BCUT2D eigenvalue weighted by atomic mass is 10.6. The molecular weight excluding hydrogens is 88.1 g/mol. The molecule has 0 aromatic carbocycles. The van der Waals surface area contributed by atoms with Gasteiger partial charge < -0.3 is 5.32 Å². The lowest BCUT2D eigenvalue weighted by Gasteiger charge is -1.87. The summed E-state index contributed by atoms with van der Waals surface area (Å²) in [5.41, 5.74) is 0. The number of hydrogen-bond donors (Lipinski definition) is 1. The molecule has 0 radical (unpaired) electrons. The van der Waals surface area contributed by atoms with E-state index in [0.717, 1.165) is 0 Å². The smallest absolute Gasteiger partial charge is 0.0843 e. The number of nitrogens with zero attached hydrogens (tertiary/aromatic N) is 1. The van der Waals surface area contributed by atoms with Crippen LogP contribution in [0.1, 0.15) is 12.8 Å². The van der Waals surface area contributed by atoms with E-state index in [2.05, 4.69) is 5.32 Å². The van der Waals surface area contributed by atoms with Gasteiger partial charge >= 0.3 is 0 Å². The highest BCUT2D eigenvalue weighted by molar-refractivity contribution is 4.85. The first kappa shape index (κ1) is 4.61. The third-order valence-electron chi connectivity index (χ3n) is 1.05. The van der Waals surface area contributed by atoms with E-state index in [0.29, 0.717) is 12.6 Å². The average Bonchev–Trinajstić information content (AvgIpc) is 2.42. The normalized spacial score (nSPS) is 18.7. The Morgan fingerprint density at radius 1 is 1.71 bits per heavy atom. The Morgan fingerprint density at radius 2 is 2.43 bits per heavy atom. The van der Waals surface area contributed by atoms with Crippen molar-refractivity contribution in [3.05, 3.63) is 0 Å². The monoisotopic (exact) mass is 96.1 g/mol. The van der Waals surface area contributed by atoms with Gasteiger partial charge in [-0.25, -0.2) is 0 Å². The Morgan fingerprint density at radius 3 is 2.86 bits per heavy atom. The van der Waals surface area contributed by atoms with E-state index < -0.39 is 0 Å². The van der Waals surface area contributed by atoms with Crippen LogP contribution in [0.2, 0.25) is 0 Å². The molecule has 0 aromatic rings. The third-order valence-corrected chi connectivity index (χ3v) is 1.05. The topological polar surface area (TPSA) is 35.8 Å². The molecule has 2 heteroatoms. The fourth-order valence-electron chi connectivity index (χ4n) is 0.477. The largest absolute Gasteiger partial charge is 0.302 e. The van der Waals surface area contributed by atoms with Crippen LogP contribution >= 0.6 is 0 Å². The van der Waals surface area contributed by atoms with Crippen molar-refractivity contribution < 1.29 is 0 Å². The van der Waals surface area contributed by atoms with Gasteiger partial charge in [-0.2, -0.15) is 5.26 Å². The number of nitrogens with one attached hydrogen (secondary N) is 1. The summed E-state index contributed by atoms with van der Waals surface area (Å²) in [5, 5.41) is 11.1. The second-order valence-corrected chi connectivity index (χ2v) is 1.81. The van der Waals surface area contributed by atoms with E-state index in [-0.39, 0.29) is 0 Å². The Balaban J connectivity index is 1.91. The maximum absolute atomic E-state index is 8.03. The first-order valence-electron chi connectivity index (χ1n) is 2.54.